The molecule has 1 aliphatic rings. The van der Waals surface area contributed by atoms with Crippen LogP contribution in [-0.4, -0.2) is 40.8 Å². The second-order valence-corrected chi connectivity index (χ2v) is 10.3. The first kappa shape index (κ1) is 24.1. The SMILES string of the molecule is COCCCCc1ccc(-c2ccnc(NC3CC(C)(C)NC(C)(C)C3)n2)s1.Cl. The van der Waals surface area contributed by atoms with Crippen molar-refractivity contribution in [2.24, 2.45) is 0 Å². The molecule has 1 fully saturated rings. The van der Waals surface area contributed by atoms with E-state index in [1.54, 1.807) is 7.11 Å². The number of ether oxygens (including phenoxy) is 1. The van der Waals surface area contributed by atoms with E-state index in [2.05, 4.69) is 55.4 Å². The molecular weight excluding hydrogens is 404 g/mol. The van der Waals surface area contributed by atoms with Crippen LogP contribution in [0.5, 0.6) is 0 Å². The topological polar surface area (TPSA) is 59.1 Å². The van der Waals surface area contributed by atoms with Gasteiger partial charge in [-0.1, -0.05) is 0 Å². The first-order valence-electron chi connectivity index (χ1n) is 10.2. The fraction of sp³-hybridized carbons (Fsp3) is 0.636. The lowest BCUT2D eigenvalue weighted by molar-refractivity contribution is 0.170. The van der Waals surface area contributed by atoms with Crippen molar-refractivity contribution >= 4 is 29.7 Å². The third-order valence-corrected chi connectivity index (χ3v) is 6.28. The van der Waals surface area contributed by atoms with Gasteiger partial charge in [-0.3, -0.25) is 0 Å². The van der Waals surface area contributed by atoms with Gasteiger partial charge in [-0.25, -0.2) is 9.97 Å². The highest BCUT2D eigenvalue weighted by molar-refractivity contribution is 7.15. The van der Waals surface area contributed by atoms with Gasteiger partial charge in [-0.15, -0.1) is 23.7 Å². The van der Waals surface area contributed by atoms with Crippen molar-refractivity contribution in [2.45, 2.75) is 76.9 Å². The largest absolute Gasteiger partial charge is 0.385 e. The second kappa shape index (κ2) is 10.2. The van der Waals surface area contributed by atoms with Crippen LogP contribution in [0, 0.1) is 0 Å². The van der Waals surface area contributed by atoms with Gasteiger partial charge in [0.1, 0.15) is 0 Å². The zero-order valence-electron chi connectivity index (χ0n) is 18.2. The lowest BCUT2D eigenvalue weighted by Crippen LogP contribution is -2.60. The van der Waals surface area contributed by atoms with Crippen LogP contribution in [0.2, 0.25) is 0 Å². The third kappa shape index (κ3) is 7.21. The molecule has 2 N–H and O–H groups in total. The Hall–Kier alpha value is -1.21. The number of methoxy groups -OCH3 is 1. The molecule has 0 atom stereocenters. The summed E-state index contributed by atoms with van der Waals surface area (Å²) in [6.07, 6.45) is 7.33. The number of hydrogen-bond donors (Lipinski definition) is 2. The van der Waals surface area contributed by atoms with Crippen molar-refractivity contribution in [2.75, 3.05) is 19.0 Å². The number of nitrogens with one attached hydrogen (secondary N) is 2. The summed E-state index contributed by atoms with van der Waals surface area (Å²) in [5.41, 5.74) is 1.20. The molecule has 0 unspecified atom stereocenters. The number of nitrogens with zero attached hydrogens (tertiary/aromatic N) is 2. The molecule has 0 spiro atoms. The maximum Gasteiger partial charge on any atom is 0.223 e. The van der Waals surface area contributed by atoms with Gasteiger partial charge in [0.05, 0.1) is 10.6 Å². The number of aromatic nitrogens is 2. The van der Waals surface area contributed by atoms with E-state index in [0.717, 1.165) is 50.4 Å². The number of thiophene rings is 1. The van der Waals surface area contributed by atoms with Crippen molar-refractivity contribution in [3.8, 4) is 10.6 Å². The Kier molecular flexibility index (Phi) is 8.47. The number of piperidine rings is 1. The summed E-state index contributed by atoms with van der Waals surface area (Å²) >= 11 is 1.83. The van der Waals surface area contributed by atoms with E-state index in [-0.39, 0.29) is 23.5 Å². The monoisotopic (exact) mass is 438 g/mol. The highest BCUT2D eigenvalue weighted by Crippen LogP contribution is 2.31. The fourth-order valence-corrected chi connectivity index (χ4v) is 5.39. The molecule has 162 valence electrons. The zero-order chi connectivity index (χ0) is 20.2. The van der Waals surface area contributed by atoms with Gasteiger partial charge in [0.15, 0.2) is 0 Å². The quantitative estimate of drug-likeness (QED) is 0.546. The Bertz CT molecular complexity index is 762. The summed E-state index contributed by atoms with van der Waals surface area (Å²) in [6, 6.07) is 6.77. The molecule has 2 aromatic heterocycles. The highest BCUT2D eigenvalue weighted by Gasteiger charge is 2.37. The van der Waals surface area contributed by atoms with Gasteiger partial charge >= 0.3 is 0 Å². The van der Waals surface area contributed by atoms with Crippen LogP contribution in [0.4, 0.5) is 5.95 Å². The number of hydrogen-bond acceptors (Lipinski definition) is 6. The van der Waals surface area contributed by atoms with Crippen LogP contribution >= 0.6 is 23.7 Å². The molecule has 2 aromatic rings. The van der Waals surface area contributed by atoms with E-state index in [1.165, 1.54) is 9.75 Å². The molecule has 0 aliphatic carbocycles. The minimum Gasteiger partial charge on any atom is -0.385 e. The minimum absolute atomic E-state index is 0. The number of halogens is 1. The Morgan fingerprint density at radius 2 is 1.86 bits per heavy atom. The molecule has 3 heterocycles. The summed E-state index contributed by atoms with van der Waals surface area (Å²) in [6.45, 7) is 9.89. The standard InChI is InChI=1S/C22H34N4OS.ClH/c1-21(2)14-16(15-22(3,4)26-21)24-20-23-12-11-18(25-20)19-10-9-17(28-19)8-6-7-13-27-5;/h9-12,16,26H,6-8,13-15H2,1-5H3,(H,23,24,25);1H. The lowest BCUT2D eigenvalue weighted by Gasteiger charge is -2.46. The minimum atomic E-state index is 0. The van der Waals surface area contributed by atoms with E-state index in [0.29, 0.717) is 6.04 Å². The van der Waals surface area contributed by atoms with Crippen LogP contribution < -0.4 is 10.6 Å². The van der Waals surface area contributed by atoms with Gasteiger partial charge in [-0.05, 0) is 78.0 Å². The average Bonchev–Trinajstić information content (AvgIpc) is 3.05. The molecule has 7 heteroatoms. The summed E-state index contributed by atoms with van der Waals surface area (Å²) in [5, 5.41) is 7.31. The van der Waals surface area contributed by atoms with Crippen molar-refractivity contribution in [3.63, 3.8) is 0 Å². The molecule has 3 rings (SSSR count). The highest BCUT2D eigenvalue weighted by atomic mass is 35.5. The Morgan fingerprint density at radius 3 is 2.55 bits per heavy atom. The van der Waals surface area contributed by atoms with Gasteiger partial charge in [-0.2, -0.15) is 0 Å². The molecular formula is C22H35ClN4OS. The zero-order valence-corrected chi connectivity index (χ0v) is 19.9. The Balaban J connectivity index is 0.00000300. The summed E-state index contributed by atoms with van der Waals surface area (Å²) in [5.74, 6) is 0.728. The summed E-state index contributed by atoms with van der Waals surface area (Å²) in [7, 11) is 1.76. The number of aryl methyl sites for hydroxylation is 1. The predicted octanol–water partition coefficient (Wildman–Crippen LogP) is 5.32. The molecule has 0 bridgehead atoms. The van der Waals surface area contributed by atoms with Gasteiger partial charge < -0.3 is 15.4 Å². The number of rotatable bonds is 8. The second-order valence-electron chi connectivity index (χ2n) is 9.12. The van der Waals surface area contributed by atoms with Gasteiger partial charge in [0, 0.05) is 41.9 Å². The number of unbranched alkanes of at least 4 members (excludes halogenated alkanes) is 1. The van der Waals surface area contributed by atoms with E-state index in [1.807, 2.05) is 23.6 Å². The van der Waals surface area contributed by atoms with E-state index < -0.39 is 0 Å². The van der Waals surface area contributed by atoms with Crippen molar-refractivity contribution < 1.29 is 4.74 Å². The van der Waals surface area contributed by atoms with E-state index in [9.17, 15) is 0 Å². The van der Waals surface area contributed by atoms with Gasteiger partial charge in [0.2, 0.25) is 5.95 Å². The van der Waals surface area contributed by atoms with Crippen LogP contribution in [0.1, 0.15) is 58.3 Å². The normalized spacial score (nSPS) is 18.2. The maximum atomic E-state index is 5.13. The molecule has 0 amide bonds. The molecule has 0 aromatic carbocycles. The van der Waals surface area contributed by atoms with Gasteiger partial charge in [0.25, 0.3) is 0 Å². The van der Waals surface area contributed by atoms with Crippen LogP contribution in [0.25, 0.3) is 10.6 Å². The number of anilines is 1. The molecule has 1 aliphatic heterocycles. The van der Waals surface area contributed by atoms with Crippen molar-refractivity contribution in [3.05, 3.63) is 29.3 Å². The van der Waals surface area contributed by atoms with Crippen molar-refractivity contribution in [1.29, 1.82) is 0 Å². The summed E-state index contributed by atoms with van der Waals surface area (Å²) in [4.78, 5) is 11.9. The smallest absolute Gasteiger partial charge is 0.223 e. The molecule has 0 saturated carbocycles. The van der Waals surface area contributed by atoms with E-state index >= 15 is 0 Å². The molecule has 5 nitrogen and oxygen atoms in total. The summed E-state index contributed by atoms with van der Waals surface area (Å²) < 4.78 is 5.13. The lowest BCUT2D eigenvalue weighted by atomic mass is 9.80. The Morgan fingerprint density at radius 1 is 1.14 bits per heavy atom. The van der Waals surface area contributed by atoms with Crippen LogP contribution in [0.15, 0.2) is 24.4 Å². The first-order valence-corrected chi connectivity index (χ1v) is 11.0. The molecule has 29 heavy (non-hydrogen) atoms. The average molecular weight is 439 g/mol. The fourth-order valence-electron chi connectivity index (χ4n) is 4.37. The maximum absolute atomic E-state index is 5.13. The first-order chi connectivity index (χ1) is 13.3. The molecule has 1 saturated heterocycles. The third-order valence-electron chi connectivity index (χ3n) is 5.11. The van der Waals surface area contributed by atoms with Crippen LogP contribution in [0.3, 0.4) is 0 Å². The van der Waals surface area contributed by atoms with Crippen LogP contribution in [-0.2, 0) is 11.2 Å². The van der Waals surface area contributed by atoms with E-state index in [4.69, 9.17) is 9.72 Å². The predicted molar refractivity (Wildman–Crippen MR) is 125 cm³/mol. The van der Waals surface area contributed by atoms with Crippen molar-refractivity contribution in [1.82, 2.24) is 15.3 Å². The molecule has 0 radical (unpaired) electrons. The Labute approximate surface area is 185 Å².